The first-order valence-electron chi connectivity index (χ1n) is 6.76. The van der Waals surface area contributed by atoms with Gasteiger partial charge in [0, 0.05) is 31.2 Å². The van der Waals surface area contributed by atoms with Crippen LogP contribution in [0.3, 0.4) is 0 Å². The van der Waals surface area contributed by atoms with Gasteiger partial charge in [0.25, 0.3) is 0 Å². The molecule has 0 radical (unpaired) electrons. The van der Waals surface area contributed by atoms with Gasteiger partial charge in [-0.1, -0.05) is 24.3 Å². The molecule has 0 bridgehead atoms. The highest BCUT2D eigenvalue weighted by molar-refractivity contribution is 5.92. The molecule has 0 atom stereocenters. The highest BCUT2D eigenvalue weighted by Crippen LogP contribution is 2.44. The van der Waals surface area contributed by atoms with E-state index in [-0.39, 0.29) is 11.9 Å². The van der Waals surface area contributed by atoms with E-state index in [4.69, 9.17) is 4.74 Å². The maximum Gasteiger partial charge on any atom is 0.308 e. The molecule has 4 nitrogen and oxygen atoms in total. The predicted molar refractivity (Wildman–Crippen MR) is 80.3 cm³/mol. The molecular weight excluding hydrogens is 266 g/mol. The summed E-state index contributed by atoms with van der Waals surface area (Å²) in [6, 6.07) is 11.7. The number of anilines is 1. The summed E-state index contributed by atoms with van der Waals surface area (Å²) in [6.07, 6.45) is 0.771. The number of nitrogens with one attached hydrogen (secondary N) is 1. The molecule has 2 aromatic carbocycles. The fraction of sp³-hybridized carbons (Fsp3) is 0.176. The van der Waals surface area contributed by atoms with Gasteiger partial charge in [0.2, 0.25) is 5.91 Å². The molecule has 1 N–H and O–H groups in total. The first-order chi connectivity index (χ1) is 10.0. The summed E-state index contributed by atoms with van der Waals surface area (Å²) in [5, 5.41) is 2.74. The molecule has 2 aromatic rings. The SMILES string of the molecule is CC(=O)Nc1cc2c(c(OC(C)=O)c1)-c1ccccc1C2. The minimum absolute atomic E-state index is 0.153. The van der Waals surface area contributed by atoms with E-state index < -0.39 is 0 Å². The van der Waals surface area contributed by atoms with Gasteiger partial charge in [-0.2, -0.15) is 0 Å². The summed E-state index contributed by atoms with van der Waals surface area (Å²) >= 11 is 0. The smallest absolute Gasteiger partial charge is 0.308 e. The van der Waals surface area contributed by atoms with Crippen molar-refractivity contribution < 1.29 is 14.3 Å². The summed E-state index contributed by atoms with van der Waals surface area (Å²) < 4.78 is 5.35. The average molecular weight is 281 g/mol. The zero-order chi connectivity index (χ0) is 15.0. The van der Waals surface area contributed by atoms with Gasteiger partial charge in [-0.25, -0.2) is 0 Å². The van der Waals surface area contributed by atoms with E-state index in [2.05, 4.69) is 11.4 Å². The molecule has 0 aromatic heterocycles. The minimum Gasteiger partial charge on any atom is -0.426 e. The lowest BCUT2D eigenvalue weighted by Crippen LogP contribution is -2.08. The zero-order valence-electron chi connectivity index (χ0n) is 11.9. The van der Waals surface area contributed by atoms with Crippen molar-refractivity contribution in [2.45, 2.75) is 20.3 Å². The molecule has 0 unspecified atom stereocenters. The van der Waals surface area contributed by atoms with Crippen LogP contribution in [-0.2, 0) is 16.0 Å². The molecular formula is C17H15NO3. The van der Waals surface area contributed by atoms with Crippen molar-refractivity contribution in [2.24, 2.45) is 0 Å². The van der Waals surface area contributed by atoms with E-state index in [1.54, 1.807) is 6.07 Å². The van der Waals surface area contributed by atoms with E-state index in [0.717, 1.165) is 23.1 Å². The van der Waals surface area contributed by atoms with Crippen LogP contribution in [0.15, 0.2) is 36.4 Å². The summed E-state index contributed by atoms with van der Waals surface area (Å²) in [5.41, 5.74) is 4.91. The summed E-state index contributed by atoms with van der Waals surface area (Å²) in [5.74, 6) is -0.0329. The Kier molecular flexibility index (Phi) is 3.22. The van der Waals surface area contributed by atoms with Gasteiger partial charge in [-0.05, 0) is 29.2 Å². The van der Waals surface area contributed by atoms with Crippen molar-refractivity contribution >= 4 is 17.6 Å². The maximum absolute atomic E-state index is 11.3. The van der Waals surface area contributed by atoms with E-state index >= 15 is 0 Å². The Bertz CT molecular complexity index is 750. The number of fused-ring (bicyclic) bond motifs is 3. The first kappa shape index (κ1) is 13.4. The van der Waals surface area contributed by atoms with Gasteiger partial charge < -0.3 is 10.1 Å². The molecule has 106 valence electrons. The van der Waals surface area contributed by atoms with Crippen LogP contribution in [0.1, 0.15) is 25.0 Å². The lowest BCUT2D eigenvalue weighted by atomic mass is 10.0. The lowest BCUT2D eigenvalue weighted by Gasteiger charge is -2.12. The van der Waals surface area contributed by atoms with Gasteiger partial charge in [-0.15, -0.1) is 0 Å². The predicted octanol–water partition coefficient (Wildman–Crippen LogP) is 3.14. The van der Waals surface area contributed by atoms with Crippen molar-refractivity contribution in [3.05, 3.63) is 47.5 Å². The van der Waals surface area contributed by atoms with Crippen molar-refractivity contribution in [3.8, 4) is 16.9 Å². The first-order valence-corrected chi connectivity index (χ1v) is 6.76. The number of benzene rings is 2. The average Bonchev–Trinajstić information content (AvgIpc) is 2.75. The van der Waals surface area contributed by atoms with Crippen LogP contribution < -0.4 is 10.1 Å². The third kappa shape index (κ3) is 2.52. The van der Waals surface area contributed by atoms with E-state index in [9.17, 15) is 9.59 Å². The third-order valence-corrected chi connectivity index (χ3v) is 3.43. The standard InChI is InChI=1S/C17H15NO3/c1-10(19)18-14-8-13-7-12-5-3-4-6-15(12)17(13)16(9-14)21-11(2)20/h3-6,8-9H,7H2,1-2H3,(H,18,19). The lowest BCUT2D eigenvalue weighted by molar-refractivity contribution is -0.131. The highest BCUT2D eigenvalue weighted by Gasteiger charge is 2.24. The Morgan fingerprint density at radius 1 is 1.10 bits per heavy atom. The topological polar surface area (TPSA) is 55.4 Å². The highest BCUT2D eigenvalue weighted by atomic mass is 16.5. The van der Waals surface area contributed by atoms with Crippen LogP contribution >= 0.6 is 0 Å². The normalized spacial score (nSPS) is 11.5. The largest absolute Gasteiger partial charge is 0.426 e. The molecule has 0 aliphatic heterocycles. The van der Waals surface area contributed by atoms with Crippen LogP contribution in [0.2, 0.25) is 0 Å². The van der Waals surface area contributed by atoms with Crippen LogP contribution in [0.4, 0.5) is 5.69 Å². The van der Waals surface area contributed by atoms with Gasteiger partial charge in [-0.3, -0.25) is 9.59 Å². The fourth-order valence-electron chi connectivity index (χ4n) is 2.75. The number of esters is 1. The summed E-state index contributed by atoms with van der Waals surface area (Å²) in [4.78, 5) is 22.6. The number of amides is 1. The second kappa shape index (κ2) is 5.05. The van der Waals surface area contributed by atoms with E-state index in [1.165, 1.54) is 19.4 Å². The van der Waals surface area contributed by atoms with Crippen LogP contribution in [0, 0.1) is 0 Å². The molecule has 1 aliphatic rings. The molecule has 1 aliphatic carbocycles. The number of hydrogen-bond acceptors (Lipinski definition) is 3. The quantitative estimate of drug-likeness (QED) is 0.580. The Morgan fingerprint density at radius 2 is 1.86 bits per heavy atom. The molecule has 0 saturated carbocycles. The van der Waals surface area contributed by atoms with Crippen LogP contribution in [-0.4, -0.2) is 11.9 Å². The maximum atomic E-state index is 11.3. The Hall–Kier alpha value is -2.62. The number of ether oxygens (including phenoxy) is 1. The Morgan fingerprint density at radius 3 is 2.57 bits per heavy atom. The molecule has 1 amide bonds. The summed E-state index contributed by atoms with van der Waals surface area (Å²) in [7, 11) is 0. The fourth-order valence-corrected chi connectivity index (χ4v) is 2.75. The van der Waals surface area contributed by atoms with Crippen molar-refractivity contribution in [2.75, 3.05) is 5.32 Å². The number of carbonyl (C=O) groups is 2. The molecule has 0 fully saturated rings. The van der Waals surface area contributed by atoms with Gasteiger partial charge in [0.1, 0.15) is 5.75 Å². The van der Waals surface area contributed by atoms with Crippen LogP contribution in [0.25, 0.3) is 11.1 Å². The van der Waals surface area contributed by atoms with Gasteiger partial charge >= 0.3 is 5.97 Å². The molecule has 4 heteroatoms. The second-order valence-corrected chi connectivity index (χ2v) is 5.12. The number of carbonyl (C=O) groups excluding carboxylic acids is 2. The van der Waals surface area contributed by atoms with Crippen molar-refractivity contribution in [1.82, 2.24) is 0 Å². The number of hydrogen-bond donors (Lipinski definition) is 1. The number of rotatable bonds is 2. The zero-order valence-corrected chi connectivity index (χ0v) is 11.9. The monoisotopic (exact) mass is 281 g/mol. The van der Waals surface area contributed by atoms with Crippen molar-refractivity contribution in [1.29, 1.82) is 0 Å². The second-order valence-electron chi connectivity index (χ2n) is 5.12. The molecule has 0 spiro atoms. The Balaban J connectivity index is 2.15. The van der Waals surface area contributed by atoms with Crippen LogP contribution in [0.5, 0.6) is 5.75 Å². The summed E-state index contributed by atoms with van der Waals surface area (Å²) in [6.45, 7) is 2.83. The van der Waals surface area contributed by atoms with E-state index in [1.807, 2.05) is 24.3 Å². The molecule has 0 saturated heterocycles. The van der Waals surface area contributed by atoms with Crippen molar-refractivity contribution in [3.63, 3.8) is 0 Å². The molecule has 0 heterocycles. The minimum atomic E-state index is -0.374. The molecule has 3 rings (SSSR count). The third-order valence-electron chi connectivity index (χ3n) is 3.43. The van der Waals surface area contributed by atoms with Gasteiger partial charge in [0.15, 0.2) is 0 Å². The van der Waals surface area contributed by atoms with Gasteiger partial charge in [0.05, 0.1) is 0 Å². The molecule has 21 heavy (non-hydrogen) atoms. The van der Waals surface area contributed by atoms with E-state index in [0.29, 0.717) is 11.4 Å². The Labute approximate surface area is 122 Å².